The van der Waals surface area contributed by atoms with Crippen LogP contribution in [-0.4, -0.2) is 47.3 Å². The second-order valence-corrected chi connectivity index (χ2v) is 6.91. The van der Waals surface area contributed by atoms with E-state index in [1.54, 1.807) is 0 Å². The van der Waals surface area contributed by atoms with Gasteiger partial charge in [-0.15, -0.1) is 0 Å². The monoisotopic (exact) mass is 311 g/mol. The predicted octanol–water partition coefficient (Wildman–Crippen LogP) is 2.35. The van der Waals surface area contributed by atoms with Gasteiger partial charge in [-0.1, -0.05) is 13.8 Å². The Hall–Kier alpha value is -1.14. The largest absolute Gasteiger partial charge is 0.378 e. The highest BCUT2D eigenvalue weighted by molar-refractivity contribution is 6.28. The van der Waals surface area contributed by atoms with Gasteiger partial charge in [0.05, 0.1) is 13.2 Å². The molecule has 1 aromatic heterocycles. The highest BCUT2D eigenvalue weighted by Gasteiger charge is 2.31. The third-order valence-electron chi connectivity index (χ3n) is 4.19. The van der Waals surface area contributed by atoms with Crippen LogP contribution in [0.15, 0.2) is 0 Å². The second-order valence-electron chi connectivity index (χ2n) is 6.58. The van der Waals surface area contributed by atoms with E-state index >= 15 is 0 Å². The van der Waals surface area contributed by atoms with Crippen molar-refractivity contribution in [3.05, 3.63) is 5.28 Å². The number of nitrogens with one attached hydrogen (secondary N) is 1. The van der Waals surface area contributed by atoms with Crippen LogP contribution in [-0.2, 0) is 4.74 Å². The van der Waals surface area contributed by atoms with Crippen LogP contribution in [0.2, 0.25) is 5.28 Å². The maximum absolute atomic E-state index is 6.05. The number of aromatic nitrogens is 3. The van der Waals surface area contributed by atoms with E-state index in [2.05, 4.69) is 39.0 Å². The lowest BCUT2D eigenvalue weighted by Crippen LogP contribution is -2.37. The number of morpholine rings is 1. The molecule has 1 saturated carbocycles. The van der Waals surface area contributed by atoms with Crippen molar-refractivity contribution in [2.24, 2.45) is 5.41 Å². The van der Waals surface area contributed by atoms with Gasteiger partial charge in [0, 0.05) is 19.1 Å². The Morgan fingerprint density at radius 2 is 2.00 bits per heavy atom. The van der Waals surface area contributed by atoms with Gasteiger partial charge < -0.3 is 15.0 Å². The van der Waals surface area contributed by atoms with Gasteiger partial charge in [-0.3, -0.25) is 0 Å². The van der Waals surface area contributed by atoms with Gasteiger partial charge in [-0.25, -0.2) is 0 Å². The minimum atomic E-state index is 0.242. The summed E-state index contributed by atoms with van der Waals surface area (Å²) in [5.41, 5.74) is 0.390. The summed E-state index contributed by atoms with van der Waals surface area (Å²) in [5.74, 6) is 1.22. The summed E-state index contributed by atoms with van der Waals surface area (Å²) in [6, 6.07) is 0.413. The summed E-state index contributed by atoms with van der Waals surface area (Å²) < 4.78 is 5.35. The number of anilines is 2. The second kappa shape index (κ2) is 5.93. The number of rotatable bonds is 3. The van der Waals surface area contributed by atoms with E-state index in [9.17, 15) is 0 Å². The molecule has 0 amide bonds. The lowest BCUT2D eigenvalue weighted by molar-refractivity contribution is 0.122. The van der Waals surface area contributed by atoms with Gasteiger partial charge in [0.25, 0.3) is 0 Å². The fourth-order valence-electron chi connectivity index (χ4n) is 3.05. The fraction of sp³-hybridized carbons (Fsp3) is 0.786. The zero-order chi connectivity index (χ0) is 14.9. The van der Waals surface area contributed by atoms with Crippen LogP contribution in [0, 0.1) is 5.41 Å². The van der Waals surface area contributed by atoms with Crippen molar-refractivity contribution in [2.75, 3.05) is 36.5 Å². The third kappa shape index (κ3) is 3.74. The molecule has 6 nitrogen and oxygen atoms in total. The number of ether oxygens (including phenoxy) is 1. The molecule has 2 aliphatic rings. The smallest absolute Gasteiger partial charge is 0.231 e. The Bertz CT molecular complexity index is 504. The molecule has 1 unspecified atom stereocenters. The molecule has 7 heteroatoms. The Balaban J connectivity index is 1.72. The van der Waals surface area contributed by atoms with Crippen LogP contribution in [0.5, 0.6) is 0 Å². The minimum absolute atomic E-state index is 0.242. The first-order valence-electron chi connectivity index (χ1n) is 7.53. The van der Waals surface area contributed by atoms with Gasteiger partial charge in [0.1, 0.15) is 0 Å². The first-order chi connectivity index (χ1) is 10.0. The molecular formula is C14H22ClN5O. The zero-order valence-corrected chi connectivity index (χ0v) is 13.4. The van der Waals surface area contributed by atoms with E-state index in [4.69, 9.17) is 16.3 Å². The molecule has 116 valence electrons. The average Bonchev–Trinajstić information content (AvgIpc) is 2.78. The van der Waals surface area contributed by atoms with Crippen LogP contribution in [0.4, 0.5) is 11.9 Å². The average molecular weight is 312 g/mol. The molecule has 21 heavy (non-hydrogen) atoms. The van der Waals surface area contributed by atoms with Crippen molar-refractivity contribution in [1.82, 2.24) is 15.0 Å². The molecule has 3 rings (SSSR count). The van der Waals surface area contributed by atoms with Gasteiger partial charge in [0.2, 0.25) is 17.2 Å². The molecule has 2 fully saturated rings. The van der Waals surface area contributed by atoms with Crippen molar-refractivity contribution < 1.29 is 4.74 Å². The molecule has 1 saturated heterocycles. The summed E-state index contributed by atoms with van der Waals surface area (Å²) in [4.78, 5) is 15.1. The summed E-state index contributed by atoms with van der Waals surface area (Å²) in [5, 5.41) is 3.65. The number of halogens is 1. The lowest BCUT2D eigenvalue weighted by atomic mass is 9.92. The van der Waals surface area contributed by atoms with Gasteiger partial charge >= 0.3 is 0 Å². The third-order valence-corrected chi connectivity index (χ3v) is 4.36. The topological polar surface area (TPSA) is 63.2 Å². The van der Waals surface area contributed by atoms with Crippen molar-refractivity contribution in [2.45, 2.75) is 39.2 Å². The molecule has 1 atom stereocenters. The summed E-state index contributed by atoms with van der Waals surface area (Å²) in [6.45, 7) is 7.57. The van der Waals surface area contributed by atoms with Crippen LogP contribution in [0.1, 0.15) is 33.1 Å². The van der Waals surface area contributed by atoms with Crippen LogP contribution >= 0.6 is 11.6 Å². The van der Waals surface area contributed by atoms with Crippen LogP contribution in [0.3, 0.4) is 0 Å². The Morgan fingerprint density at radius 1 is 1.24 bits per heavy atom. The lowest BCUT2D eigenvalue weighted by Gasteiger charge is -2.27. The Morgan fingerprint density at radius 3 is 2.67 bits per heavy atom. The molecule has 0 spiro atoms. The zero-order valence-electron chi connectivity index (χ0n) is 12.6. The number of nitrogens with zero attached hydrogens (tertiary/aromatic N) is 4. The minimum Gasteiger partial charge on any atom is -0.378 e. The molecule has 2 heterocycles. The van der Waals surface area contributed by atoms with Crippen molar-refractivity contribution >= 4 is 23.5 Å². The molecule has 0 radical (unpaired) electrons. The first-order valence-corrected chi connectivity index (χ1v) is 7.90. The molecule has 1 N–H and O–H groups in total. The van der Waals surface area contributed by atoms with Crippen LogP contribution in [0.25, 0.3) is 0 Å². The molecule has 1 aliphatic carbocycles. The van der Waals surface area contributed by atoms with Gasteiger partial charge in [0.15, 0.2) is 0 Å². The maximum Gasteiger partial charge on any atom is 0.231 e. The SMILES string of the molecule is CC1(C)CCC(Nc2nc(Cl)nc(N3CCOCC3)n2)C1. The standard InChI is InChI=1S/C14H22ClN5O/c1-14(2)4-3-10(9-14)16-12-17-11(15)18-13(19-12)20-5-7-21-8-6-20/h10H,3-9H2,1-2H3,(H,16,17,18,19). The fourth-order valence-corrected chi connectivity index (χ4v) is 3.21. The molecule has 0 aromatic carbocycles. The molecule has 0 bridgehead atoms. The number of hydrogen-bond donors (Lipinski definition) is 1. The predicted molar refractivity (Wildman–Crippen MR) is 82.9 cm³/mol. The molecule has 1 aromatic rings. The van der Waals surface area contributed by atoms with E-state index in [0.717, 1.165) is 25.9 Å². The van der Waals surface area contributed by atoms with Gasteiger partial charge in [-0.05, 0) is 36.3 Å². The number of hydrogen-bond acceptors (Lipinski definition) is 6. The van der Waals surface area contributed by atoms with E-state index in [1.807, 2.05) is 0 Å². The Kier molecular flexibility index (Phi) is 4.17. The first kappa shape index (κ1) is 14.8. The highest BCUT2D eigenvalue weighted by atomic mass is 35.5. The van der Waals surface area contributed by atoms with Crippen molar-refractivity contribution in [3.63, 3.8) is 0 Å². The normalized spacial score (nSPS) is 25.1. The van der Waals surface area contributed by atoms with E-state index in [-0.39, 0.29) is 5.28 Å². The molecule has 1 aliphatic heterocycles. The maximum atomic E-state index is 6.05. The van der Waals surface area contributed by atoms with Crippen LogP contribution < -0.4 is 10.2 Å². The van der Waals surface area contributed by atoms with Gasteiger partial charge in [-0.2, -0.15) is 15.0 Å². The van der Waals surface area contributed by atoms with E-state index < -0.39 is 0 Å². The highest BCUT2D eigenvalue weighted by Crippen LogP contribution is 2.38. The Labute approximate surface area is 130 Å². The molecular weight excluding hydrogens is 290 g/mol. The summed E-state index contributed by atoms with van der Waals surface area (Å²) >= 11 is 6.05. The summed E-state index contributed by atoms with van der Waals surface area (Å²) in [6.07, 6.45) is 3.49. The quantitative estimate of drug-likeness (QED) is 0.924. The van der Waals surface area contributed by atoms with Crippen molar-refractivity contribution in [1.29, 1.82) is 0 Å². The van der Waals surface area contributed by atoms with E-state index in [1.165, 1.54) is 6.42 Å². The van der Waals surface area contributed by atoms with E-state index in [0.29, 0.717) is 36.6 Å². The summed E-state index contributed by atoms with van der Waals surface area (Å²) in [7, 11) is 0. The van der Waals surface area contributed by atoms with Crippen molar-refractivity contribution in [3.8, 4) is 0 Å².